The molecule has 33 heavy (non-hydrogen) atoms. The molecule has 9 heteroatoms. The van der Waals surface area contributed by atoms with Crippen LogP contribution in [0.15, 0.2) is 0 Å². The highest BCUT2D eigenvalue weighted by Gasteiger charge is 2.02. The number of hydrogen-bond donors (Lipinski definition) is 1. The summed E-state index contributed by atoms with van der Waals surface area (Å²) in [6.45, 7) is 4.50. The maximum atomic E-state index is 10.3. The molecule has 0 aliphatic carbocycles. The molecule has 0 aromatic rings. The van der Waals surface area contributed by atoms with Crippen LogP contribution >= 0.6 is 0 Å². The van der Waals surface area contributed by atoms with Gasteiger partial charge in [-0.15, -0.1) is 0 Å². The van der Waals surface area contributed by atoms with Crippen LogP contribution in [0.4, 0.5) is 0 Å². The lowest BCUT2D eigenvalue weighted by atomic mass is 10.0. The van der Waals surface area contributed by atoms with Crippen molar-refractivity contribution in [1.82, 2.24) is 0 Å². The Morgan fingerprint density at radius 2 is 1.03 bits per heavy atom. The average Bonchev–Trinajstić information content (AvgIpc) is 2.78. The van der Waals surface area contributed by atoms with Gasteiger partial charge in [-0.3, -0.25) is 4.55 Å². The maximum Gasteiger partial charge on any atom is 0.397 e. The van der Waals surface area contributed by atoms with Crippen LogP contribution in [0, 0.1) is 12.0 Å². The summed E-state index contributed by atoms with van der Waals surface area (Å²) < 4.78 is 54.0. The fourth-order valence-corrected chi connectivity index (χ4v) is 3.33. The van der Waals surface area contributed by atoms with E-state index in [1.54, 1.807) is 0 Å². The number of hydrogen-bond acceptors (Lipinski definition) is 7. The quantitative estimate of drug-likeness (QED) is 0.108. The fourth-order valence-electron chi connectivity index (χ4n) is 3.05. The zero-order chi connectivity index (χ0) is 24.3. The first-order valence-corrected chi connectivity index (χ1v) is 13.9. The second-order valence-corrected chi connectivity index (χ2v) is 8.94. The molecule has 0 heterocycles. The van der Waals surface area contributed by atoms with Gasteiger partial charge >= 0.3 is 10.4 Å². The summed E-state index contributed by atoms with van der Waals surface area (Å²) in [4.78, 5) is 0. The van der Waals surface area contributed by atoms with E-state index in [-0.39, 0.29) is 13.2 Å². The summed E-state index contributed by atoms with van der Waals surface area (Å²) >= 11 is 0. The molecular formula is C24H46O8S. The second kappa shape index (κ2) is 25.7. The van der Waals surface area contributed by atoms with Crippen LogP contribution in [-0.4, -0.2) is 65.8 Å². The summed E-state index contributed by atoms with van der Waals surface area (Å²) in [6.07, 6.45) is 19.8. The van der Waals surface area contributed by atoms with Gasteiger partial charge in [0.05, 0.1) is 46.2 Å². The van der Waals surface area contributed by atoms with Crippen molar-refractivity contribution in [2.75, 3.05) is 52.9 Å². The fraction of sp³-hybridized carbons (Fsp3) is 0.917. The molecule has 0 aliphatic heterocycles. The van der Waals surface area contributed by atoms with Gasteiger partial charge in [-0.1, -0.05) is 83.5 Å². The Hall–Kier alpha value is -0.890. The van der Waals surface area contributed by atoms with E-state index in [9.17, 15) is 8.42 Å². The zero-order valence-electron chi connectivity index (χ0n) is 20.6. The standard InChI is InChI=1S/C24H46O8S/c1-2-3-4-5-6-7-8-9-10-11-12-13-14-15-16-28-17-18-29-19-20-30-21-22-31-23-24-32-33(25,26)27/h2-14,17-24H2,1H3,(H,25,26,27). The lowest BCUT2D eigenvalue weighted by Gasteiger charge is -2.06. The Labute approximate surface area is 202 Å². The lowest BCUT2D eigenvalue weighted by Crippen LogP contribution is -2.14. The smallest absolute Gasteiger partial charge is 0.397 e. The van der Waals surface area contributed by atoms with Crippen molar-refractivity contribution in [2.45, 2.75) is 90.4 Å². The van der Waals surface area contributed by atoms with Gasteiger partial charge in [-0.25, -0.2) is 4.18 Å². The van der Waals surface area contributed by atoms with Gasteiger partial charge < -0.3 is 18.9 Å². The van der Waals surface area contributed by atoms with E-state index in [2.05, 4.69) is 23.1 Å². The van der Waals surface area contributed by atoms with E-state index in [1.807, 2.05) is 0 Å². The third-order valence-electron chi connectivity index (χ3n) is 4.83. The van der Waals surface area contributed by atoms with E-state index in [1.165, 1.54) is 70.6 Å². The van der Waals surface area contributed by atoms with Gasteiger partial charge in [0.25, 0.3) is 0 Å². The van der Waals surface area contributed by atoms with E-state index in [0.717, 1.165) is 12.8 Å². The number of ether oxygens (including phenoxy) is 4. The lowest BCUT2D eigenvalue weighted by molar-refractivity contribution is 0.00337. The normalized spacial score (nSPS) is 11.3. The van der Waals surface area contributed by atoms with Crippen LogP contribution in [-0.2, 0) is 33.5 Å². The van der Waals surface area contributed by atoms with Crippen molar-refractivity contribution in [3.63, 3.8) is 0 Å². The van der Waals surface area contributed by atoms with Crippen LogP contribution in [0.1, 0.15) is 90.4 Å². The maximum absolute atomic E-state index is 10.3. The minimum Gasteiger partial charge on any atom is -0.444 e. The summed E-state index contributed by atoms with van der Waals surface area (Å²) in [5, 5.41) is 0. The van der Waals surface area contributed by atoms with E-state index in [0.29, 0.717) is 39.6 Å². The van der Waals surface area contributed by atoms with Crippen LogP contribution in [0.25, 0.3) is 0 Å². The predicted molar refractivity (Wildman–Crippen MR) is 129 cm³/mol. The van der Waals surface area contributed by atoms with Gasteiger partial charge in [-0.2, -0.15) is 8.42 Å². The first-order chi connectivity index (χ1) is 16.1. The Morgan fingerprint density at radius 3 is 1.52 bits per heavy atom. The summed E-state index contributed by atoms with van der Waals surface area (Å²) in [7, 11) is -4.40. The minimum atomic E-state index is -4.40. The van der Waals surface area contributed by atoms with Gasteiger partial charge in [0, 0.05) is 6.42 Å². The van der Waals surface area contributed by atoms with Gasteiger partial charge in [-0.05, 0) is 6.42 Å². The SMILES string of the molecule is CCCCCCCCCCCCCCC#COCCOCCOCCOCCOS(=O)(=O)O. The molecule has 0 radical (unpaired) electrons. The third kappa shape index (κ3) is 31.1. The molecule has 8 nitrogen and oxygen atoms in total. The topological polar surface area (TPSA) is 101 Å². The molecule has 0 fully saturated rings. The minimum absolute atomic E-state index is 0.0529. The van der Waals surface area contributed by atoms with E-state index >= 15 is 0 Å². The average molecular weight is 495 g/mol. The van der Waals surface area contributed by atoms with Crippen LogP contribution < -0.4 is 0 Å². The Morgan fingerprint density at radius 1 is 0.606 bits per heavy atom. The van der Waals surface area contributed by atoms with Crippen LogP contribution in [0.3, 0.4) is 0 Å². The molecule has 0 aliphatic rings. The highest BCUT2D eigenvalue weighted by molar-refractivity contribution is 7.80. The first kappa shape index (κ1) is 32.1. The molecule has 0 atom stereocenters. The Kier molecular flexibility index (Phi) is 25.0. The van der Waals surface area contributed by atoms with Gasteiger partial charge in [0.2, 0.25) is 0 Å². The van der Waals surface area contributed by atoms with Crippen molar-refractivity contribution in [2.24, 2.45) is 0 Å². The van der Waals surface area contributed by atoms with Crippen molar-refractivity contribution in [3.8, 4) is 12.0 Å². The van der Waals surface area contributed by atoms with E-state index in [4.69, 9.17) is 23.5 Å². The molecule has 196 valence electrons. The molecule has 0 bridgehead atoms. The van der Waals surface area contributed by atoms with Crippen molar-refractivity contribution in [1.29, 1.82) is 0 Å². The van der Waals surface area contributed by atoms with Crippen LogP contribution in [0.5, 0.6) is 0 Å². The van der Waals surface area contributed by atoms with Gasteiger partial charge in [0.1, 0.15) is 12.7 Å². The Balaban J connectivity index is 3.14. The summed E-state index contributed by atoms with van der Waals surface area (Å²) in [6, 6.07) is 0. The number of rotatable bonds is 25. The first-order valence-electron chi connectivity index (χ1n) is 12.5. The van der Waals surface area contributed by atoms with Crippen molar-refractivity contribution < 1.29 is 36.1 Å². The highest BCUT2D eigenvalue weighted by Crippen LogP contribution is 2.12. The highest BCUT2D eigenvalue weighted by atomic mass is 32.3. The second-order valence-electron chi connectivity index (χ2n) is 7.85. The van der Waals surface area contributed by atoms with Crippen LogP contribution in [0.2, 0.25) is 0 Å². The molecule has 0 amide bonds. The number of unbranched alkanes of at least 4 members (excludes halogenated alkanes) is 12. The molecule has 0 rings (SSSR count). The Bertz CT molecular complexity index is 557. The van der Waals surface area contributed by atoms with Gasteiger partial charge in [0.15, 0.2) is 0 Å². The molecule has 1 N–H and O–H groups in total. The molecule has 0 saturated heterocycles. The zero-order valence-corrected chi connectivity index (χ0v) is 21.4. The predicted octanol–water partition coefficient (Wildman–Crippen LogP) is 4.92. The molecule has 0 unspecified atom stereocenters. The van der Waals surface area contributed by atoms with Crippen molar-refractivity contribution in [3.05, 3.63) is 0 Å². The molecular weight excluding hydrogens is 448 g/mol. The van der Waals surface area contributed by atoms with Crippen molar-refractivity contribution >= 4 is 10.4 Å². The summed E-state index contributed by atoms with van der Waals surface area (Å²) in [5.41, 5.74) is 0. The molecule has 0 saturated carbocycles. The monoisotopic (exact) mass is 494 g/mol. The largest absolute Gasteiger partial charge is 0.444 e. The van der Waals surface area contributed by atoms with E-state index < -0.39 is 10.4 Å². The summed E-state index contributed by atoms with van der Waals surface area (Å²) in [5.74, 6) is 3.05. The molecule has 0 spiro atoms. The molecule has 0 aromatic heterocycles. The third-order valence-corrected chi connectivity index (χ3v) is 5.30. The molecule has 0 aromatic carbocycles.